The van der Waals surface area contributed by atoms with Gasteiger partial charge in [0.2, 0.25) is 0 Å². The fourth-order valence-corrected chi connectivity index (χ4v) is 2.97. The minimum absolute atomic E-state index is 0.134. The average molecular weight is 355 g/mol. The summed E-state index contributed by atoms with van der Waals surface area (Å²) in [4.78, 5) is 18.6. The van der Waals surface area contributed by atoms with Crippen molar-refractivity contribution < 1.29 is 14.3 Å². The first kappa shape index (κ1) is 18.2. The van der Waals surface area contributed by atoms with Crippen LogP contribution in [0.3, 0.4) is 0 Å². The Hall–Kier alpha value is -2.60. The van der Waals surface area contributed by atoms with Crippen LogP contribution in [0.15, 0.2) is 48.8 Å². The molecule has 0 saturated carbocycles. The lowest BCUT2D eigenvalue weighted by Gasteiger charge is -2.25. The number of hydrogen-bond acceptors (Lipinski definition) is 4. The van der Waals surface area contributed by atoms with Gasteiger partial charge in [-0.2, -0.15) is 0 Å². The number of benzene rings is 1. The molecule has 1 atom stereocenters. The fourth-order valence-electron chi connectivity index (χ4n) is 2.97. The summed E-state index contributed by atoms with van der Waals surface area (Å²) in [6.45, 7) is 4.16. The molecule has 0 bridgehead atoms. The van der Waals surface area contributed by atoms with Crippen LogP contribution in [0.1, 0.15) is 26.2 Å². The summed E-state index contributed by atoms with van der Waals surface area (Å²) in [5, 5.41) is 2.98. The standard InChI is InChI=1S/C20H25N3O3/c1-2-12-23(15-17-8-6-13-25-17)20(24)22-18-9-3-4-10-19(18)26-16-7-5-11-21-14-16/h3-5,7,9-11,14,17H,2,6,8,12-13,15H2,1H3,(H,22,24)/t17-/m0/s1. The maximum Gasteiger partial charge on any atom is 0.322 e. The molecule has 0 unspecified atom stereocenters. The zero-order chi connectivity index (χ0) is 18.2. The highest BCUT2D eigenvalue weighted by atomic mass is 16.5. The molecule has 1 N–H and O–H groups in total. The van der Waals surface area contributed by atoms with Gasteiger partial charge in [-0.25, -0.2) is 4.79 Å². The lowest BCUT2D eigenvalue weighted by atomic mass is 10.2. The summed E-state index contributed by atoms with van der Waals surface area (Å²) in [6.07, 6.45) is 6.43. The molecule has 1 aromatic heterocycles. The average Bonchev–Trinajstić information content (AvgIpc) is 3.17. The Morgan fingerprint density at radius 3 is 2.96 bits per heavy atom. The summed E-state index contributed by atoms with van der Waals surface area (Å²) >= 11 is 0. The second-order valence-electron chi connectivity index (χ2n) is 6.30. The molecule has 2 aromatic rings. The first-order valence-electron chi connectivity index (χ1n) is 9.10. The quantitative estimate of drug-likeness (QED) is 0.804. The van der Waals surface area contributed by atoms with E-state index >= 15 is 0 Å². The minimum Gasteiger partial charge on any atom is -0.454 e. The van der Waals surface area contributed by atoms with Gasteiger partial charge in [0.25, 0.3) is 0 Å². The van der Waals surface area contributed by atoms with Gasteiger partial charge in [-0.1, -0.05) is 19.1 Å². The molecule has 1 saturated heterocycles. The van der Waals surface area contributed by atoms with Gasteiger partial charge in [-0.15, -0.1) is 0 Å². The third kappa shape index (κ3) is 4.95. The predicted molar refractivity (Wildman–Crippen MR) is 101 cm³/mol. The van der Waals surface area contributed by atoms with Gasteiger partial charge in [0.05, 0.1) is 18.0 Å². The van der Waals surface area contributed by atoms with Crippen LogP contribution in [-0.4, -0.2) is 41.7 Å². The van der Waals surface area contributed by atoms with Crippen molar-refractivity contribution in [3.63, 3.8) is 0 Å². The van der Waals surface area contributed by atoms with Crippen molar-refractivity contribution in [3.8, 4) is 11.5 Å². The summed E-state index contributed by atoms with van der Waals surface area (Å²) in [5.74, 6) is 1.21. The topological polar surface area (TPSA) is 63.7 Å². The Labute approximate surface area is 154 Å². The second kappa shape index (κ2) is 9.20. The first-order chi connectivity index (χ1) is 12.8. The van der Waals surface area contributed by atoms with E-state index in [4.69, 9.17) is 9.47 Å². The minimum atomic E-state index is -0.135. The van der Waals surface area contributed by atoms with Crippen LogP contribution in [0, 0.1) is 0 Å². The Morgan fingerprint density at radius 1 is 1.35 bits per heavy atom. The highest BCUT2D eigenvalue weighted by Gasteiger charge is 2.22. The van der Waals surface area contributed by atoms with Gasteiger partial charge >= 0.3 is 6.03 Å². The molecule has 6 nitrogen and oxygen atoms in total. The number of urea groups is 1. The smallest absolute Gasteiger partial charge is 0.322 e. The molecular weight excluding hydrogens is 330 g/mol. The number of pyridine rings is 1. The number of nitrogens with zero attached hydrogens (tertiary/aromatic N) is 2. The summed E-state index contributed by atoms with van der Waals surface area (Å²) in [6, 6.07) is 10.9. The maximum absolute atomic E-state index is 12.8. The van der Waals surface area contributed by atoms with Crippen LogP contribution < -0.4 is 10.1 Å². The Bertz CT molecular complexity index is 702. The van der Waals surface area contributed by atoms with E-state index in [0.717, 1.165) is 25.9 Å². The third-order valence-electron chi connectivity index (χ3n) is 4.22. The second-order valence-corrected chi connectivity index (χ2v) is 6.30. The van der Waals surface area contributed by atoms with E-state index < -0.39 is 0 Å². The molecule has 1 aliphatic heterocycles. The zero-order valence-corrected chi connectivity index (χ0v) is 15.1. The molecule has 6 heteroatoms. The number of rotatable bonds is 7. The van der Waals surface area contributed by atoms with Crippen LogP contribution >= 0.6 is 0 Å². The van der Waals surface area contributed by atoms with Crippen LogP contribution in [0.5, 0.6) is 11.5 Å². The van der Waals surface area contributed by atoms with Gasteiger partial charge in [0.15, 0.2) is 5.75 Å². The van der Waals surface area contributed by atoms with Gasteiger partial charge in [0, 0.05) is 25.9 Å². The number of carbonyl (C=O) groups excluding carboxylic acids is 1. The molecule has 1 fully saturated rings. The third-order valence-corrected chi connectivity index (χ3v) is 4.22. The van der Waals surface area contributed by atoms with Crippen molar-refractivity contribution in [2.75, 3.05) is 25.0 Å². The number of anilines is 1. The SMILES string of the molecule is CCCN(C[C@@H]1CCCO1)C(=O)Nc1ccccc1Oc1cccnc1. The number of amides is 2. The Kier molecular flexibility index (Phi) is 6.44. The molecule has 0 aliphatic carbocycles. The number of nitrogens with one attached hydrogen (secondary N) is 1. The number of hydrogen-bond donors (Lipinski definition) is 1. The van der Waals surface area contributed by atoms with Crippen molar-refractivity contribution in [1.29, 1.82) is 0 Å². The van der Waals surface area contributed by atoms with E-state index in [1.807, 2.05) is 35.2 Å². The number of ether oxygens (including phenoxy) is 2. The normalized spacial score (nSPS) is 16.3. The van der Waals surface area contributed by atoms with Crippen molar-refractivity contribution in [2.24, 2.45) is 0 Å². The lowest BCUT2D eigenvalue weighted by Crippen LogP contribution is -2.40. The van der Waals surface area contributed by atoms with Crippen LogP contribution in [0.25, 0.3) is 0 Å². The molecule has 0 radical (unpaired) electrons. The van der Waals surface area contributed by atoms with E-state index in [1.165, 1.54) is 0 Å². The van der Waals surface area contributed by atoms with Crippen molar-refractivity contribution in [2.45, 2.75) is 32.3 Å². The van der Waals surface area contributed by atoms with Crippen molar-refractivity contribution in [3.05, 3.63) is 48.8 Å². The molecule has 1 aliphatic rings. The van der Waals surface area contributed by atoms with Gasteiger partial charge in [-0.3, -0.25) is 4.98 Å². The first-order valence-corrected chi connectivity index (χ1v) is 9.10. The van der Waals surface area contributed by atoms with Gasteiger partial charge in [-0.05, 0) is 43.5 Å². The molecule has 138 valence electrons. The van der Waals surface area contributed by atoms with Crippen molar-refractivity contribution >= 4 is 11.7 Å². The molecule has 0 spiro atoms. The van der Waals surface area contributed by atoms with Crippen molar-refractivity contribution in [1.82, 2.24) is 9.88 Å². The monoisotopic (exact) mass is 355 g/mol. The molecule has 3 rings (SSSR count). The Balaban J connectivity index is 1.69. The predicted octanol–water partition coefficient (Wildman–Crippen LogP) is 4.30. The highest BCUT2D eigenvalue weighted by molar-refractivity contribution is 5.91. The maximum atomic E-state index is 12.8. The fraction of sp³-hybridized carbons (Fsp3) is 0.400. The van der Waals surface area contributed by atoms with Crippen LogP contribution in [0.2, 0.25) is 0 Å². The van der Waals surface area contributed by atoms with E-state index in [-0.39, 0.29) is 12.1 Å². The van der Waals surface area contributed by atoms with Crippen LogP contribution in [0.4, 0.5) is 10.5 Å². The number of para-hydroxylation sites is 2. The van der Waals surface area contributed by atoms with E-state index in [0.29, 0.717) is 30.3 Å². The van der Waals surface area contributed by atoms with Gasteiger partial charge < -0.3 is 19.7 Å². The van der Waals surface area contributed by atoms with Crippen LogP contribution in [-0.2, 0) is 4.74 Å². The number of aromatic nitrogens is 1. The molecule has 2 amide bonds. The summed E-state index contributed by atoms with van der Waals surface area (Å²) < 4.78 is 11.5. The van der Waals surface area contributed by atoms with E-state index in [9.17, 15) is 4.79 Å². The Morgan fingerprint density at radius 2 is 2.23 bits per heavy atom. The van der Waals surface area contributed by atoms with Gasteiger partial charge in [0.1, 0.15) is 5.75 Å². The summed E-state index contributed by atoms with van der Waals surface area (Å²) in [5.41, 5.74) is 0.634. The van der Waals surface area contributed by atoms with E-state index in [1.54, 1.807) is 18.5 Å². The lowest BCUT2D eigenvalue weighted by molar-refractivity contribution is 0.0836. The molecule has 2 heterocycles. The zero-order valence-electron chi connectivity index (χ0n) is 15.1. The largest absolute Gasteiger partial charge is 0.454 e. The highest BCUT2D eigenvalue weighted by Crippen LogP contribution is 2.29. The van der Waals surface area contributed by atoms with E-state index in [2.05, 4.69) is 17.2 Å². The molecule has 26 heavy (non-hydrogen) atoms. The number of carbonyl (C=O) groups is 1. The molecule has 1 aromatic carbocycles. The summed E-state index contributed by atoms with van der Waals surface area (Å²) in [7, 11) is 0. The molecular formula is C20H25N3O3.